The molecule has 194 valence electrons. The zero-order valence-electron chi connectivity index (χ0n) is 20.3. The Morgan fingerprint density at radius 3 is 2.41 bits per heavy atom. The van der Waals surface area contributed by atoms with Gasteiger partial charge in [-0.3, -0.25) is 15.5 Å². The molecule has 0 aromatic heterocycles. The van der Waals surface area contributed by atoms with E-state index in [1.165, 1.54) is 6.07 Å². The predicted molar refractivity (Wildman–Crippen MR) is 142 cm³/mol. The monoisotopic (exact) mass is 522 g/mol. The molecule has 10 nitrogen and oxygen atoms in total. The molecule has 0 radical (unpaired) electrons. The van der Waals surface area contributed by atoms with E-state index in [4.69, 9.17) is 10.9 Å². The van der Waals surface area contributed by atoms with E-state index < -0.39 is 22.0 Å². The summed E-state index contributed by atoms with van der Waals surface area (Å²) in [6, 6.07) is 20.1. The number of amides is 1. The van der Waals surface area contributed by atoms with Gasteiger partial charge in [0.15, 0.2) is 0 Å². The molecule has 1 saturated heterocycles. The van der Waals surface area contributed by atoms with Crippen molar-refractivity contribution in [3.63, 3.8) is 0 Å². The molecule has 0 bridgehead atoms. The highest BCUT2D eigenvalue weighted by Gasteiger charge is 2.40. The number of carbonyl (C=O) groups is 1. The van der Waals surface area contributed by atoms with Gasteiger partial charge in [0.1, 0.15) is 12.4 Å². The van der Waals surface area contributed by atoms with Gasteiger partial charge in [-0.2, -0.15) is 0 Å². The predicted octanol–water partition coefficient (Wildman–Crippen LogP) is 2.69. The van der Waals surface area contributed by atoms with Crippen LogP contribution in [-0.2, 0) is 21.2 Å². The first kappa shape index (κ1) is 26.1. The number of benzene rings is 3. The van der Waals surface area contributed by atoms with E-state index in [0.29, 0.717) is 13.1 Å². The van der Waals surface area contributed by atoms with Crippen LogP contribution in [0.4, 0.5) is 0 Å². The van der Waals surface area contributed by atoms with Crippen LogP contribution in [0, 0.1) is 0 Å². The van der Waals surface area contributed by atoms with Crippen LogP contribution in [0.1, 0.15) is 24.8 Å². The minimum absolute atomic E-state index is 0.0295. The molecule has 0 saturated carbocycles. The Bertz CT molecular complexity index is 1390. The number of carbonyl (C=O) groups excluding carboxylic acids is 1. The van der Waals surface area contributed by atoms with Crippen LogP contribution in [0.15, 0.2) is 87.9 Å². The highest BCUT2D eigenvalue weighted by molar-refractivity contribution is 7.89. The number of nitrogens with zero attached hydrogens (tertiary/aromatic N) is 4. The Kier molecular flexibility index (Phi) is 8.36. The van der Waals surface area contributed by atoms with Crippen molar-refractivity contribution >= 4 is 39.0 Å². The number of likely N-dealkylation sites (tertiary alicyclic amines) is 1. The highest BCUT2D eigenvalue weighted by Crippen LogP contribution is 2.26. The van der Waals surface area contributed by atoms with Gasteiger partial charge in [-0.1, -0.05) is 60.7 Å². The fraction of sp³-hybridized carbons (Fsp3) is 0.269. The summed E-state index contributed by atoms with van der Waals surface area (Å²) in [6.07, 6.45) is 3.63. The summed E-state index contributed by atoms with van der Waals surface area (Å²) >= 11 is 0. The maximum atomic E-state index is 14.1. The average molecular weight is 523 g/mol. The third-order valence-corrected chi connectivity index (χ3v) is 8.10. The number of nitrogens with two attached hydrogens (primary N) is 1. The van der Waals surface area contributed by atoms with Gasteiger partial charge < -0.3 is 10.6 Å². The number of nitrogens with one attached hydrogen (secondary N) is 1. The third-order valence-electron chi connectivity index (χ3n) is 6.29. The van der Waals surface area contributed by atoms with Crippen LogP contribution in [0.3, 0.4) is 0 Å². The summed E-state index contributed by atoms with van der Waals surface area (Å²) in [7, 11) is -4.36. The van der Waals surface area contributed by atoms with E-state index in [2.05, 4.69) is 10.2 Å². The Balaban J connectivity index is 1.85. The van der Waals surface area contributed by atoms with E-state index in [1.54, 1.807) is 22.5 Å². The Morgan fingerprint density at radius 1 is 1.03 bits per heavy atom. The number of guanidine groups is 1. The topological polar surface area (TPSA) is 141 Å². The first-order valence-corrected chi connectivity index (χ1v) is 13.5. The van der Waals surface area contributed by atoms with Crippen LogP contribution in [0.2, 0.25) is 0 Å². The standard InChI is InChI=1S/C26H30N6O4S/c27-26(30-28-19-29-34)32(37(35,36)23-14-13-21-11-5-6-12-22(21)18-23)24(17-20-9-3-1-4-10-20)25(33)31-15-7-2-8-16-31/h1,3-6,9-14,18-19,24,34H,2,7-8,15-17H2,(H2,27,30)(H,28,29)/t24-/m0/s1. The molecular weight excluding hydrogens is 492 g/mol. The van der Waals surface area contributed by atoms with Crippen LogP contribution >= 0.6 is 0 Å². The Labute approximate surface area is 216 Å². The average Bonchev–Trinajstić information content (AvgIpc) is 2.93. The lowest BCUT2D eigenvalue weighted by Crippen LogP contribution is -2.56. The molecule has 4 rings (SSSR count). The highest BCUT2D eigenvalue weighted by atomic mass is 32.2. The van der Waals surface area contributed by atoms with Gasteiger partial charge in [0.25, 0.3) is 10.0 Å². The van der Waals surface area contributed by atoms with Crippen molar-refractivity contribution < 1.29 is 18.4 Å². The molecule has 1 fully saturated rings. The van der Waals surface area contributed by atoms with E-state index in [-0.39, 0.29) is 17.2 Å². The SMILES string of the molecule is NC(=NN=CNO)N([C@@H](Cc1ccccc1)C(=O)N1CCCCC1)S(=O)(=O)c1ccc2ccccc2c1. The molecule has 3 aromatic rings. The van der Waals surface area contributed by atoms with Crippen LogP contribution < -0.4 is 11.2 Å². The number of hydrogen-bond donors (Lipinski definition) is 3. The molecular formula is C26H30N6O4S. The minimum Gasteiger partial charge on any atom is -0.367 e. The second kappa shape index (κ2) is 11.8. The van der Waals surface area contributed by atoms with Crippen LogP contribution in [0.25, 0.3) is 10.8 Å². The molecule has 1 atom stereocenters. The molecule has 1 heterocycles. The number of fused-ring (bicyclic) bond motifs is 1. The molecule has 1 aliphatic heterocycles. The molecule has 1 aliphatic rings. The van der Waals surface area contributed by atoms with E-state index in [9.17, 15) is 13.2 Å². The third kappa shape index (κ3) is 6.07. The van der Waals surface area contributed by atoms with Gasteiger partial charge in [0.2, 0.25) is 11.9 Å². The molecule has 1 amide bonds. The first-order chi connectivity index (χ1) is 17.9. The van der Waals surface area contributed by atoms with Crippen molar-refractivity contribution in [1.82, 2.24) is 14.7 Å². The second-order valence-electron chi connectivity index (χ2n) is 8.73. The lowest BCUT2D eigenvalue weighted by atomic mass is 10.0. The lowest BCUT2D eigenvalue weighted by molar-refractivity contribution is -0.135. The first-order valence-electron chi connectivity index (χ1n) is 12.0. The number of piperidine rings is 1. The van der Waals surface area contributed by atoms with Crippen molar-refractivity contribution in [2.45, 2.75) is 36.6 Å². The molecule has 0 aliphatic carbocycles. The molecule has 3 aromatic carbocycles. The van der Waals surface area contributed by atoms with Gasteiger partial charge in [0, 0.05) is 19.5 Å². The number of hydrogen-bond acceptors (Lipinski definition) is 6. The van der Waals surface area contributed by atoms with Crippen molar-refractivity contribution in [3.05, 3.63) is 78.4 Å². The molecule has 0 spiro atoms. The fourth-order valence-electron chi connectivity index (χ4n) is 4.48. The summed E-state index contributed by atoms with van der Waals surface area (Å²) in [5, 5.41) is 17.8. The van der Waals surface area contributed by atoms with Crippen LogP contribution in [0.5, 0.6) is 0 Å². The van der Waals surface area contributed by atoms with E-state index >= 15 is 0 Å². The zero-order valence-corrected chi connectivity index (χ0v) is 21.1. The van der Waals surface area contributed by atoms with Crippen molar-refractivity contribution in [2.75, 3.05) is 13.1 Å². The fourth-order valence-corrected chi connectivity index (χ4v) is 6.01. The molecule has 0 unspecified atom stereocenters. The van der Waals surface area contributed by atoms with Gasteiger partial charge >= 0.3 is 0 Å². The van der Waals surface area contributed by atoms with Gasteiger partial charge in [-0.25, -0.2) is 12.7 Å². The normalized spacial score (nSPS) is 15.6. The van der Waals surface area contributed by atoms with E-state index in [0.717, 1.165) is 46.2 Å². The number of rotatable bonds is 8. The van der Waals surface area contributed by atoms with Crippen molar-refractivity contribution in [1.29, 1.82) is 0 Å². The summed E-state index contributed by atoms with van der Waals surface area (Å²) < 4.78 is 29.2. The summed E-state index contributed by atoms with van der Waals surface area (Å²) in [4.78, 5) is 15.5. The summed E-state index contributed by atoms with van der Waals surface area (Å²) in [5.41, 5.74) is 8.69. The smallest absolute Gasteiger partial charge is 0.267 e. The van der Waals surface area contributed by atoms with Gasteiger partial charge in [-0.15, -0.1) is 10.2 Å². The molecule has 37 heavy (non-hydrogen) atoms. The maximum absolute atomic E-state index is 14.1. The van der Waals surface area contributed by atoms with Gasteiger partial charge in [-0.05, 0) is 47.7 Å². The zero-order chi connectivity index (χ0) is 26.3. The number of hydroxylamine groups is 1. The quantitative estimate of drug-likeness (QED) is 0.236. The van der Waals surface area contributed by atoms with Crippen molar-refractivity contribution in [3.8, 4) is 0 Å². The second-order valence-corrected chi connectivity index (χ2v) is 10.5. The Morgan fingerprint density at radius 2 is 1.70 bits per heavy atom. The molecule has 11 heteroatoms. The van der Waals surface area contributed by atoms with Gasteiger partial charge in [0.05, 0.1) is 4.90 Å². The van der Waals surface area contributed by atoms with Crippen molar-refractivity contribution in [2.24, 2.45) is 15.9 Å². The largest absolute Gasteiger partial charge is 0.367 e. The minimum atomic E-state index is -4.36. The van der Waals surface area contributed by atoms with E-state index in [1.807, 2.05) is 54.6 Å². The molecule has 4 N–H and O–H groups in total. The maximum Gasteiger partial charge on any atom is 0.267 e. The summed E-state index contributed by atoms with van der Waals surface area (Å²) in [5.74, 6) is -0.846. The Hall–Kier alpha value is -3.96. The summed E-state index contributed by atoms with van der Waals surface area (Å²) in [6.45, 7) is 1.08. The number of sulfonamides is 1. The lowest BCUT2D eigenvalue weighted by Gasteiger charge is -2.36. The van der Waals surface area contributed by atoms with Crippen LogP contribution in [-0.4, -0.2) is 60.2 Å².